The van der Waals surface area contributed by atoms with Gasteiger partial charge in [0.1, 0.15) is 6.04 Å². The van der Waals surface area contributed by atoms with Crippen LogP contribution in [0, 0.1) is 10.1 Å². The second-order valence-corrected chi connectivity index (χ2v) is 7.27. The molecule has 1 aliphatic heterocycles. The molecule has 3 rings (SSSR count). The molecule has 0 unspecified atom stereocenters. The van der Waals surface area contributed by atoms with E-state index < -0.39 is 22.9 Å². The summed E-state index contributed by atoms with van der Waals surface area (Å²) in [5.41, 5.74) is 6.48. The number of hydrogen-bond donors (Lipinski definition) is 3. The number of para-hydroxylation sites is 1. The molecule has 10 heteroatoms. The quantitative estimate of drug-likeness (QED) is 0.477. The molecule has 3 amide bonds. The van der Waals surface area contributed by atoms with Crippen LogP contribution in [0.2, 0.25) is 0 Å². The summed E-state index contributed by atoms with van der Waals surface area (Å²) in [5, 5.41) is 16.2. The molecule has 1 saturated heterocycles. The summed E-state index contributed by atoms with van der Waals surface area (Å²) in [5.74, 6) is -1.16. The number of rotatable bonds is 6. The summed E-state index contributed by atoms with van der Waals surface area (Å²) in [6.45, 7) is 2.04. The Balaban J connectivity index is 1.74. The fraction of sp³-hybridized carbons (Fsp3) is 0.286. The van der Waals surface area contributed by atoms with E-state index >= 15 is 0 Å². The average molecular weight is 425 g/mol. The zero-order chi connectivity index (χ0) is 22.5. The highest BCUT2D eigenvalue weighted by atomic mass is 16.6. The monoisotopic (exact) mass is 425 g/mol. The lowest BCUT2D eigenvalue weighted by Crippen LogP contribution is -2.48. The molecular formula is C21H23N5O5. The van der Waals surface area contributed by atoms with Gasteiger partial charge in [0.05, 0.1) is 22.2 Å². The van der Waals surface area contributed by atoms with Gasteiger partial charge in [0.25, 0.3) is 11.6 Å². The first kappa shape index (κ1) is 21.9. The van der Waals surface area contributed by atoms with Crippen molar-refractivity contribution >= 4 is 34.8 Å². The molecule has 0 radical (unpaired) electrons. The Hall–Kier alpha value is -3.79. The van der Waals surface area contributed by atoms with Crippen LogP contribution in [0.4, 0.5) is 17.1 Å². The van der Waals surface area contributed by atoms with E-state index in [9.17, 15) is 24.5 Å². The fourth-order valence-electron chi connectivity index (χ4n) is 3.44. The van der Waals surface area contributed by atoms with Gasteiger partial charge in [-0.15, -0.1) is 0 Å². The largest absolute Gasteiger partial charge is 0.329 e. The minimum atomic E-state index is -0.701. The molecule has 1 aliphatic rings. The van der Waals surface area contributed by atoms with E-state index in [4.69, 9.17) is 5.73 Å². The van der Waals surface area contributed by atoms with E-state index in [0.717, 1.165) is 0 Å². The van der Waals surface area contributed by atoms with Gasteiger partial charge in [-0.05, 0) is 44.0 Å². The van der Waals surface area contributed by atoms with Crippen LogP contribution in [0.1, 0.15) is 30.1 Å². The van der Waals surface area contributed by atoms with Gasteiger partial charge in [-0.25, -0.2) is 0 Å². The maximum Gasteiger partial charge on any atom is 0.269 e. The summed E-state index contributed by atoms with van der Waals surface area (Å²) in [6.07, 6.45) is 1.21. The first-order valence-electron chi connectivity index (χ1n) is 9.79. The summed E-state index contributed by atoms with van der Waals surface area (Å²) >= 11 is 0. The highest BCUT2D eigenvalue weighted by Crippen LogP contribution is 2.23. The minimum Gasteiger partial charge on any atom is -0.329 e. The maximum atomic E-state index is 12.8. The molecule has 0 aliphatic carbocycles. The highest BCUT2D eigenvalue weighted by molar-refractivity contribution is 6.10. The molecule has 0 aromatic heterocycles. The van der Waals surface area contributed by atoms with Gasteiger partial charge in [0.15, 0.2) is 0 Å². The second kappa shape index (κ2) is 9.35. The Labute approximate surface area is 178 Å². The Morgan fingerprint density at radius 1 is 1.13 bits per heavy atom. The number of nitro groups is 1. The van der Waals surface area contributed by atoms with Crippen molar-refractivity contribution in [3.05, 3.63) is 64.2 Å². The van der Waals surface area contributed by atoms with E-state index in [1.165, 1.54) is 29.2 Å². The molecule has 162 valence electrons. The lowest BCUT2D eigenvalue weighted by Gasteiger charge is -2.25. The molecule has 4 N–H and O–H groups in total. The third-order valence-electron chi connectivity index (χ3n) is 4.99. The van der Waals surface area contributed by atoms with Crippen molar-refractivity contribution in [2.45, 2.75) is 31.8 Å². The molecule has 31 heavy (non-hydrogen) atoms. The second-order valence-electron chi connectivity index (χ2n) is 7.27. The normalized spacial score (nSPS) is 16.5. The summed E-state index contributed by atoms with van der Waals surface area (Å²) < 4.78 is 0. The van der Waals surface area contributed by atoms with E-state index in [-0.39, 0.29) is 23.1 Å². The highest BCUT2D eigenvalue weighted by Gasteiger charge is 2.35. The van der Waals surface area contributed by atoms with E-state index in [0.29, 0.717) is 30.8 Å². The third-order valence-corrected chi connectivity index (χ3v) is 4.99. The number of anilines is 2. The van der Waals surface area contributed by atoms with Gasteiger partial charge in [-0.3, -0.25) is 24.5 Å². The van der Waals surface area contributed by atoms with Crippen LogP contribution in [0.25, 0.3) is 0 Å². The lowest BCUT2D eigenvalue weighted by atomic mass is 10.1. The smallest absolute Gasteiger partial charge is 0.269 e. The number of nitro benzene ring substituents is 1. The summed E-state index contributed by atoms with van der Waals surface area (Å²) in [4.78, 5) is 49.6. The SMILES string of the molecule is C[C@H](N)C(=O)N1CCC[C@H]1C(=O)Nc1ccccc1C(=O)Nc1ccc([N+](=O)[O-])cc1. The van der Waals surface area contributed by atoms with Crippen LogP contribution in [-0.4, -0.2) is 46.2 Å². The average Bonchev–Trinajstić information content (AvgIpc) is 3.23. The fourth-order valence-corrected chi connectivity index (χ4v) is 3.44. The molecule has 1 fully saturated rings. The molecule has 0 saturated carbocycles. The Kier molecular flexibility index (Phi) is 6.61. The van der Waals surface area contributed by atoms with Crippen molar-refractivity contribution in [3.8, 4) is 0 Å². The first-order valence-corrected chi connectivity index (χ1v) is 9.79. The number of carbonyl (C=O) groups is 3. The molecule has 1 heterocycles. The van der Waals surface area contributed by atoms with Crippen molar-refractivity contribution in [1.29, 1.82) is 0 Å². The Morgan fingerprint density at radius 2 is 1.81 bits per heavy atom. The van der Waals surface area contributed by atoms with Crippen molar-refractivity contribution in [3.63, 3.8) is 0 Å². The van der Waals surface area contributed by atoms with Crippen LogP contribution < -0.4 is 16.4 Å². The van der Waals surface area contributed by atoms with Crippen LogP contribution in [-0.2, 0) is 9.59 Å². The van der Waals surface area contributed by atoms with Crippen LogP contribution in [0.5, 0.6) is 0 Å². The Bertz CT molecular complexity index is 1010. The zero-order valence-electron chi connectivity index (χ0n) is 16.9. The number of benzene rings is 2. The molecule has 10 nitrogen and oxygen atoms in total. The number of carbonyl (C=O) groups excluding carboxylic acids is 3. The molecule has 2 aromatic carbocycles. The number of nitrogens with one attached hydrogen (secondary N) is 2. The number of nitrogens with two attached hydrogens (primary N) is 1. The van der Waals surface area contributed by atoms with E-state index in [1.54, 1.807) is 31.2 Å². The zero-order valence-corrected chi connectivity index (χ0v) is 16.9. The minimum absolute atomic E-state index is 0.0897. The van der Waals surface area contributed by atoms with Gasteiger partial charge in [-0.2, -0.15) is 0 Å². The first-order chi connectivity index (χ1) is 14.8. The number of non-ortho nitro benzene ring substituents is 1. The van der Waals surface area contributed by atoms with Crippen LogP contribution in [0.15, 0.2) is 48.5 Å². The number of amides is 3. The lowest BCUT2D eigenvalue weighted by molar-refractivity contribution is -0.384. The molecule has 0 spiro atoms. The summed E-state index contributed by atoms with van der Waals surface area (Å²) in [7, 11) is 0. The molecule has 2 atom stereocenters. The van der Waals surface area contributed by atoms with Crippen molar-refractivity contribution < 1.29 is 19.3 Å². The standard InChI is InChI=1S/C21H23N5O5/c1-13(22)21(29)25-12-4-7-18(25)20(28)24-17-6-3-2-5-16(17)19(27)23-14-8-10-15(11-9-14)26(30)31/h2-3,5-6,8-11,13,18H,4,7,12,22H2,1H3,(H,23,27)(H,24,28)/t13-,18-/m0/s1. The van der Waals surface area contributed by atoms with E-state index in [1.807, 2.05) is 0 Å². The molecular weight excluding hydrogens is 402 g/mol. The van der Waals surface area contributed by atoms with Gasteiger partial charge < -0.3 is 21.3 Å². The van der Waals surface area contributed by atoms with Gasteiger partial charge in [0.2, 0.25) is 11.8 Å². The predicted octanol–water partition coefficient (Wildman–Crippen LogP) is 2.12. The van der Waals surface area contributed by atoms with Crippen LogP contribution >= 0.6 is 0 Å². The summed E-state index contributed by atoms with van der Waals surface area (Å²) in [6, 6.07) is 10.5. The number of hydrogen-bond acceptors (Lipinski definition) is 6. The third kappa shape index (κ3) is 5.04. The molecule has 0 bridgehead atoms. The maximum absolute atomic E-state index is 12.8. The number of likely N-dealkylation sites (tertiary alicyclic amines) is 1. The number of nitrogens with zero attached hydrogens (tertiary/aromatic N) is 2. The van der Waals surface area contributed by atoms with Gasteiger partial charge >= 0.3 is 0 Å². The predicted molar refractivity (Wildman–Crippen MR) is 115 cm³/mol. The van der Waals surface area contributed by atoms with E-state index in [2.05, 4.69) is 10.6 Å². The topological polar surface area (TPSA) is 148 Å². The Morgan fingerprint density at radius 3 is 2.45 bits per heavy atom. The van der Waals surface area contributed by atoms with Crippen LogP contribution in [0.3, 0.4) is 0 Å². The van der Waals surface area contributed by atoms with Gasteiger partial charge in [0, 0.05) is 24.4 Å². The van der Waals surface area contributed by atoms with Crippen molar-refractivity contribution in [1.82, 2.24) is 4.90 Å². The van der Waals surface area contributed by atoms with Gasteiger partial charge in [-0.1, -0.05) is 12.1 Å². The molecule has 2 aromatic rings. The van der Waals surface area contributed by atoms with Crippen molar-refractivity contribution in [2.75, 3.05) is 17.2 Å². The van der Waals surface area contributed by atoms with Crippen molar-refractivity contribution in [2.24, 2.45) is 5.73 Å².